The molecule has 0 fully saturated rings. The van der Waals surface area contributed by atoms with E-state index in [-0.39, 0.29) is 0 Å². The van der Waals surface area contributed by atoms with Gasteiger partial charge in [0.05, 0.1) is 5.41 Å². The number of aliphatic carboxylic acids is 1. The minimum Gasteiger partial charge on any atom is -0.481 e. The van der Waals surface area contributed by atoms with Crippen LogP contribution >= 0.6 is 0 Å². The number of fused-ring (bicyclic) bond motifs is 1. The number of halogens is 2. The molecule has 0 saturated carbocycles. The van der Waals surface area contributed by atoms with Gasteiger partial charge in [-0.2, -0.15) is 0 Å². The molecule has 1 aliphatic rings. The van der Waals surface area contributed by atoms with Crippen molar-refractivity contribution in [3.8, 4) is 0 Å². The lowest BCUT2D eigenvalue weighted by atomic mass is 9.68. The van der Waals surface area contributed by atoms with Gasteiger partial charge in [0, 0.05) is 6.42 Å². The topological polar surface area (TPSA) is 37.3 Å². The predicted molar refractivity (Wildman–Crippen MR) is 59.3 cm³/mol. The smallest absolute Gasteiger partial charge is 0.314 e. The highest BCUT2D eigenvalue weighted by Crippen LogP contribution is 2.41. The Labute approximate surface area is 98.3 Å². The molecule has 1 aromatic rings. The van der Waals surface area contributed by atoms with Crippen molar-refractivity contribution in [2.45, 2.75) is 37.5 Å². The van der Waals surface area contributed by atoms with Crippen molar-refractivity contribution in [3.05, 3.63) is 35.4 Å². The SMILES string of the molecule is O=C(O)C1(CC(F)F)CCCc2ccccc21. The number of hydrogen-bond acceptors (Lipinski definition) is 1. The Morgan fingerprint density at radius 2 is 2.12 bits per heavy atom. The van der Waals surface area contributed by atoms with E-state index in [0.717, 1.165) is 12.0 Å². The molecule has 0 aliphatic heterocycles. The lowest BCUT2D eigenvalue weighted by Crippen LogP contribution is -2.40. The van der Waals surface area contributed by atoms with Gasteiger partial charge in [0.1, 0.15) is 0 Å². The average molecular weight is 240 g/mol. The van der Waals surface area contributed by atoms with Crippen molar-refractivity contribution in [2.24, 2.45) is 0 Å². The molecule has 1 N–H and O–H groups in total. The summed E-state index contributed by atoms with van der Waals surface area (Å²) in [5, 5.41) is 9.35. The normalized spacial score (nSPS) is 23.5. The Hall–Kier alpha value is -1.45. The highest BCUT2D eigenvalue weighted by atomic mass is 19.3. The molecule has 1 aliphatic carbocycles. The number of alkyl halides is 2. The lowest BCUT2D eigenvalue weighted by molar-refractivity contribution is -0.146. The standard InChI is InChI=1S/C13H14F2O2/c14-11(15)8-13(12(16)17)7-3-5-9-4-1-2-6-10(9)13/h1-2,4,6,11H,3,5,7-8H2,(H,16,17). The summed E-state index contributed by atoms with van der Waals surface area (Å²) in [5.74, 6) is -1.13. The van der Waals surface area contributed by atoms with Gasteiger partial charge in [0.2, 0.25) is 6.43 Å². The first-order chi connectivity index (χ1) is 8.06. The maximum Gasteiger partial charge on any atom is 0.314 e. The van der Waals surface area contributed by atoms with Gasteiger partial charge in [-0.1, -0.05) is 24.3 Å². The number of aryl methyl sites for hydroxylation is 1. The monoisotopic (exact) mass is 240 g/mol. The molecule has 17 heavy (non-hydrogen) atoms. The molecule has 0 heterocycles. The van der Waals surface area contributed by atoms with Gasteiger partial charge in [-0.3, -0.25) is 4.79 Å². The van der Waals surface area contributed by atoms with Crippen molar-refractivity contribution in [2.75, 3.05) is 0 Å². The molecular weight excluding hydrogens is 226 g/mol. The highest BCUT2D eigenvalue weighted by molar-refractivity contribution is 5.82. The Kier molecular flexibility index (Phi) is 3.13. The second kappa shape index (κ2) is 4.43. The summed E-state index contributed by atoms with van der Waals surface area (Å²) >= 11 is 0. The minimum absolute atomic E-state index is 0.295. The van der Waals surface area contributed by atoms with Gasteiger partial charge >= 0.3 is 5.97 Å². The zero-order chi connectivity index (χ0) is 12.5. The summed E-state index contributed by atoms with van der Waals surface area (Å²) in [7, 11) is 0. The molecule has 92 valence electrons. The van der Waals surface area contributed by atoms with Gasteiger partial charge in [-0.05, 0) is 30.4 Å². The lowest BCUT2D eigenvalue weighted by Gasteiger charge is -2.35. The van der Waals surface area contributed by atoms with E-state index in [1.165, 1.54) is 0 Å². The summed E-state index contributed by atoms with van der Waals surface area (Å²) in [5.41, 5.74) is 0.0593. The Morgan fingerprint density at radius 1 is 1.41 bits per heavy atom. The summed E-state index contributed by atoms with van der Waals surface area (Å²) in [6, 6.07) is 7.04. The Bertz CT molecular complexity index is 431. The summed E-state index contributed by atoms with van der Waals surface area (Å²) in [6.45, 7) is 0. The first-order valence-electron chi connectivity index (χ1n) is 5.66. The first-order valence-corrected chi connectivity index (χ1v) is 5.66. The number of carboxylic acids is 1. The van der Waals surface area contributed by atoms with Gasteiger partial charge in [0.25, 0.3) is 0 Å². The van der Waals surface area contributed by atoms with Crippen LogP contribution in [0, 0.1) is 0 Å². The molecule has 1 atom stereocenters. The third-order valence-corrected chi connectivity index (χ3v) is 3.49. The van der Waals surface area contributed by atoms with Crippen molar-refractivity contribution in [1.82, 2.24) is 0 Å². The van der Waals surface area contributed by atoms with Gasteiger partial charge < -0.3 is 5.11 Å². The van der Waals surface area contributed by atoms with E-state index in [4.69, 9.17) is 0 Å². The molecule has 2 rings (SSSR count). The molecule has 0 bridgehead atoms. The molecule has 2 nitrogen and oxygen atoms in total. The molecule has 1 unspecified atom stereocenters. The zero-order valence-corrected chi connectivity index (χ0v) is 9.33. The maximum absolute atomic E-state index is 12.7. The quantitative estimate of drug-likeness (QED) is 0.881. The number of carbonyl (C=O) groups is 1. The molecule has 1 aromatic carbocycles. The van der Waals surface area contributed by atoms with Gasteiger partial charge in [-0.25, -0.2) is 8.78 Å². The second-order valence-corrected chi connectivity index (χ2v) is 4.49. The van der Waals surface area contributed by atoms with Crippen LogP contribution in [0.2, 0.25) is 0 Å². The Balaban J connectivity index is 2.51. The van der Waals surface area contributed by atoms with E-state index >= 15 is 0 Å². The molecule has 0 radical (unpaired) electrons. The fraction of sp³-hybridized carbons (Fsp3) is 0.462. The van der Waals surface area contributed by atoms with Crippen LogP contribution < -0.4 is 0 Å². The van der Waals surface area contributed by atoms with Crippen molar-refractivity contribution >= 4 is 5.97 Å². The van der Waals surface area contributed by atoms with Crippen LogP contribution in [0.25, 0.3) is 0 Å². The van der Waals surface area contributed by atoms with Crippen molar-refractivity contribution < 1.29 is 18.7 Å². The number of rotatable bonds is 3. The second-order valence-electron chi connectivity index (χ2n) is 4.49. The average Bonchev–Trinajstić information content (AvgIpc) is 2.28. The number of carboxylic acid groups (broad SMARTS) is 1. The largest absolute Gasteiger partial charge is 0.481 e. The first kappa shape index (κ1) is 12.0. The summed E-state index contributed by atoms with van der Waals surface area (Å²) in [4.78, 5) is 11.4. The van der Waals surface area contributed by atoms with E-state index in [9.17, 15) is 18.7 Å². The molecule has 0 aromatic heterocycles. The Morgan fingerprint density at radius 3 is 2.76 bits per heavy atom. The highest BCUT2D eigenvalue weighted by Gasteiger charge is 2.45. The van der Waals surface area contributed by atoms with E-state index in [2.05, 4.69) is 0 Å². The van der Waals surface area contributed by atoms with Crippen LogP contribution in [-0.4, -0.2) is 17.5 Å². The molecule has 0 spiro atoms. The fourth-order valence-corrected chi connectivity index (χ4v) is 2.71. The fourth-order valence-electron chi connectivity index (χ4n) is 2.71. The number of hydrogen-bond donors (Lipinski definition) is 1. The summed E-state index contributed by atoms with van der Waals surface area (Å²) in [6.07, 6.45) is -1.48. The van der Waals surface area contributed by atoms with Gasteiger partial charge in [0.15, 0.2) is 0 Å². The third kappa shape index (κ3) is 2.04. The van der Waals surface area contributed by atoms with E-state index in [1.807, 2.05) is 12.1 Å². The van der Waals surface area contributed by atoms with Crippen LogP contribution in [0.3, 0.4) is 0 Å². The molecular formula is C13H14F2O2. The molecule has 0 saturated heterocycles. The predicted octanol–water partition coefficient (Wildman–Crippen LogP) is 3.00. The molecule has 0 amide bonds. The maximum atomic E-state index is 12.7. The summed E-state index contributed by atoms with van der Waals surface area (Å²) < 4.78 is 25.3. The van der Waals surface area contributed by atoms with E-state index in [0.29, 0.717) is 18.4 Å². The van der Waals surface area contributed by atoms with Crippen LogP contribution in [0.1, 0.15) is 30.4 Å². The van der Waals surface area contributed by atoms with Crippen LogP contribution in [-0.2, 0) is 16.6 Å². The van der Waals surface area contributed by atoms with E-state index < -0.39 is 24.2 Å². The van der Waals surface area contributed by atoms with Crippen LogP contribution in [0.4, 0.5) is 8.78 Å². The van der Waals surface area contributed by atoms with Crippen molar-refractivity contribution in [1.29, 1.82) is 0 Å². The van der Waals surface area contributed by atoms with Crippen LogP contribution in [0.5, 0.6) is 0 Å². The van der Waals surface area contributed by atoms with Crippen molar-refractivity contribution in [3.63, 3.8) is 0 Å². The zero-order valence-electron chi connectivity index (χ0n) is 9.33. The van der Waals surface area contributed by atoms with Crippen LogP contribution in [0.15, 0.2) is 24.3 Å². The van der Waals surface area contributed by atoms with Gasteiger partial charge in [-0.15, -0.1) is 0 Å². The minimum atomic E-state index is -2.60. The number of benzene rings is 1. The van der Waals surface area contributed by atoms with E-state index in [1.54, 1.807) is 12.1 Å². The molecule has 4 heteroatoms. The third-order valence-electron chi connectivity index (χ3n) is 3.49.